The second kappa shape index (κ2) is 3.16. The zero-order valence-electron chi connectivity index (χ0n) is 7.27. The number of hydrogen-bond donors (Lipinski definition) is 1. The molecule has 0 saturated carbocycles. The molecule has 0 aromatic heterocycles. The van der Waals surface area contributed by atoms with Crippen molar-refractivity contribution in [2.45, 2.75) is 4.57 Å². The summed E-state index contributed by atoms with van der Waals surface area (Å²) in [7, 11) is 0. The van der Waals surface area contributed by atoms with Crippen LogP contribution in [0.15, 0.2) is 4.99 Å². The lowest BCUT2D eigenvalue weighted by Gasteiger charge is -2.33. The summed E-state index contributed by atoms with van der Waals surface area (Å²) in [5.41, 5.74) is -0.358. The number of fused-ring (bicyclic) bond motifs is 1. The van der Waals surface area contributed by atoms with E-state index in [1.54, 1.807) is 0 Å². The highest BCUT2D eigenvalue weighted by molar-refractivity contribution is 9.10. The third-order valence-corrected chi connectivity index (χ3v) is 3.45. The van der Waals surface area contributed by atoms with Gasteiger partial charge in [-0.25, -0.2) is 9.59 Å². The predicted molar refractivity (Wildman–Crippen MR) is 54.2 cm³/mol. The van der Waals surface area contributed by atoms with Gasteiger partial charge in [0.2, 0.25) is 4.57 Å². The van der Waals surface area contributed by atoms with Gasteiger partial charge in [-0.3, -0.25) is 10.1 Å². The first kappa shape index (κ1) is 10.8. The van der Waals surface area contributed by atoms with Crippen LogP contribution >= 0.6 is 27.7 Å². The Hall–Kier alpha value is -1.66. The average Bonchev–Trinajstić information content (AvgIpc) is 2.53. The molecule has 2 rings (SSSR count). The molecule has 1 N–H and O–H groups in total. The molecular formula is C6HBrClN5O3. The summed E-state index contributed by atoms with van der Waals surface area (Å²) in [6.07, 6.45) is 0. The number of rotatable bonds is 0. The zero-order chi connectivity index (χ0) is 12.1. The van der Waals surface area contributed by atoms with Gasteiger partial charge < -0.3 is 0 Å². The van der Waals surface area contributed by atoms with Crippen molar-refractivity contribution in [1.82, 2.24) is 14.7 Å². The number of carbonyl (C=O) groups excluding carboxylic acids is 3. The number of imide groups is 1. The van der Waals surface area contributed by atoms with Gasteiger partial charge in [-0.05, 0) is 15.9 Å². The smallest absolute Gasteiger partial charge is 0.298 e. The summed E-state index contributed by atoms with van der Waals surface area (Å²) in [5.74, 6) is -0.993. The number of alkyl halides is 1. The Kier molecular flexibility index (Phi) is 2.14. The average molecular weight is 306 g/mol. The van der Waals surface area contributed by atoms with E-state index in [0.29, 0.717) is 4.42 Å². The SMILES string of the molecule is [C-]#[N+]N1C(=O)C2=NC(=O)NC2(Br)N(Cl)C1=O. The minimum absolute atomic E-state index is 0.186. The highest BCUT2D eigenvalue weighted by atomic mass is 79.9. The molecule has 1 atom stereocenters. The van der Waals surface area contributed by atoms with E-state index in [4.69, 9.17) is 18.3 Å². The Labute approximate surface area is 102 Å². The molecule has 82 valence electrons. The van der Waals surface area contributed by atoms with E-state index >= 15 is 0 Å². The number of nitrogens with one attached hydrogen (secondary N) is 1. The molecule has 0 spiro atoms. The van der Waals surface area contributed by atoms with Crippen molar-refractivity contribution in [3.8, 4) is 0 Å². The van der Waals surface area contributed by atoms with Gasteiger partial charge in [-0.1, -0.05) is 0 Å². The second-order valence-corrected chi connectivity index (χ2v) is 4.28. The fraction of sp³-hybridized carbons (Fsp3) is 0.167. The molecule has 0 bridgehead atoms. The largest absolute Gasteiger partial charge is 0.413 e. The van der Waals surface area contributed by atoms with Crippen LogP contribution in [0.4, 0.5) is 9.59 Å². The van der Waals surface area contributed by atoms with E-state index in [1.807, 2.05) is 0 Å². The van der Waals surface area contributed by atoms with Crippen LogP contribution in [-0.2, 0) is 4.79 Å². The van der Waals surface area contributed by atoms with Gasteiger partial charge >= 0.3 is 18.0 Å². The van der Waals surface area contributed by atoms with Gasteiger partial charge in [0.1, 0.15) is 0 Å². The Balaban J connectivity index is 2.57. The molecule has 2 aliphatic rings. The molecule has 16 heavy (non-hydrogen) atoms. The minimum Gasteiger partial charge on any atom is -0.298 e. The Morgan fingerprint density at radius 1 is 1.50 bits per heavy atom. The number of nitrogens with zero attached hydrogens (tertiary/aromatic N) is 4. The van der Waals surface area contributed by atoms with Crippen molar-refractivity contribution >= 4 is 51.4 Å². The van der Waals surface area contributed by atoms with Crippen LogP contribution in [0, 0.1) is 6.57 Å². The monoisotopic (exact) mass is 305 g/mol. The molecule has 5 amide bonds. The van der Waals surface area contributed by atoms with Crippen LogP contribution in [0.2, 0.25) is 0 Å². The Bertz CT molecular complexity index is 499. The highest BCUT2D eigenvalue weighted by Gasteiger charge is 2.60. The number of hydrogen-bond acceptors (Lipinski definition) is 3. The van der Waals surface area contributed by atoms with E-state index < -0.39 is 22.5 Å². The van der Waals surface area contributed by atoms with Gasteiger partial charge in [0, 0.05) is 11.8 Å². The maximum Gasteiger partial charge on any atom is 0.413 e. The topological polar surface area (TPSA) is 86.4 Å². The van der Waals surface area contributed by atoms with Gasteiger partial charge in [-0.2, -0.15) is 16.0 Å². The second-order valence-electron chi connectivity index (χ2n) is 2.79. The van der Waals surface area contributed by atoms with Crippen molar-refractivity contribution in [3.05, 3.63) is 11.5 Å². The summed E-state index contributed by atoms with van der Waals surface area (Å²) >= 11 is 8.54. The third-order valence-electron chi connectivity index (χ3n) is 1.91. The van der Waals surface area contributed by atoms with E-state index in [0.717, 1.165) is 0 Å². The highest BCUT2D eigenvalue weighted by Crippen LogP contribution is 2.34. The first-order chi connectivity index (χ1) is 7.41. The van der Waals surface area contributed by atoms with Crippen molar-refractivity contribution in [1.29, 1.82) is 0 Å². The molecule has 10 heteroatoms. The molecule has 0 radical (unpaired) electrons. The van der Waals surface area contributed by atoms with E-state index in [9.17, 15) is 14.4 Å². The van der Waals surface area contributed by atoms with Crippen LogP contribution in [0.5, 0.6) is 0 Å². The predicted octanol–water partition coefficient (Wildman–Crippen LogP) is 0.452. The first-order valence-corrected chi connectivity index (χ1v) is 4.87. The standard InChI is InChI=1S/C6HBrClN5O3/c1-9-12-3(14)2-6(7,11-4(15)10-2)13(8)5(12)16/h(H,11,15). The Morgan fingerprint density at radius 3 is 2.69 bits per heavy atom. The maximum absolute atomic E-state index is 11.6. The van der Waals surface area contributed by atoms with Crippen LogP contribution in [0.1, 0.15) is 0 Å². The summed E-state index contributed by atoms with van der Waals surface area (Å²) in [6, 6.07) is -1.90. The summed E-state index contributed by atoms with van der Waals surface area (Å²) in [6.45, 7) is 6.66. The fourth-order valence-electron chi connectivity index (χ4n) is 1.23. The normalized spacial score (nSPS) is 28.6. The molecule has 1 unspecified atom stereocenters. The lowest BCUT2D eigenvalue weighted by atomic mass is 10.2. The van der Waals surface area contributed by atoms with Crippen LogP contribution in [0.3, 0.4) is 0 Å². The number of carbonyl (C=O) groups is 3. The van der Waals surface area contributed by atoms with Crippen LogP contribution < -0.4 is 5.32 Å². The van der Waals surface area contributed by atoms with E-state index in [-0.39, 0.29) is 10.7 Å². The number of aliphatic imine (C=N–C) groups is 1. The van der Waals surface area contributed by atoms with Gasteiger partial charge in [0.25, 0.3) is 0 Å². The van der Waals surface area contributed by atoms with E-state index in [2.05, 4.69) is 31.2 Å². The van der Waals surface area contributed by atoms with Gasteiger partial charge in [-0.15, -0.1) is 4.95 Å². The molecule has 8 nitrogen and oxygen atoms in total. The van der Waals surface area contributed by atoms with Crippen molar-refractivity contribution in [2.75, 3.05) is 0 Å². The summed E-state index contributed by atoms with van der Waals surface area (Å²) < 4.78 is -1.20. The number of halogens is 2. The molecule has 0 aromatic rings. The molecule has 1 fully saturated rings. The van der Waals surface area contributed by atoms with Gasteiger partial charge in [0.15, 0.2) is 5.71 Å². The van der Waals surface area contributed by atoms with Crippen molar-refractivity contribution < 1.29 is 14.4 Å². The molecule has 2 aliphatic heterocycles. The number of amides is 5. The molecule has 2 heterocycles. The fourth-order valence-corrected chi connectivity index (χ4v) is 2.00. The zero-order valence-corrected chi connectivity index (χ0v) is 9.61. The minimum atomic E-state index is -1.68. The summed E-state index contributed by atoms with van der Waals surface area (Å²) in [4.78, 5) is 40.1. The maximum atomic E-state index is 11.6. The lowest BCUT2D eigenvalue weighted by molar-refractivity contribution is -0.121. The van der Waals surface area contributed by atoms with Crippen LogP contribution in [0.25, 0.3) is 4.95 Å². The molecular weight excluding hydrogens is 305 g/mol. The van der Waals surface area contributed by atoms with Crippen LogP contribution in [-0.4, -0.2) is 37.7 Å². The lowest BCUT2D eigenvalue weighted by Crippen LogP contribution is -2.65. The quantitative estimate of drug-likeness (QED) is 0.305. The molecule has 0 aromatic carbocycles. The summed E-state index contributed by atoms with van der Waals surface area (Å²) in [5, 5.41) is 2.37. The molecule has 0 aliphatic carbocycles. The number of urea groups is 2. The Morgan fingerprint density at radius 2 is 2.12 bits per heavy atom. The molecule has 1 saturated heterocycles. The van der Waals surface area contributed by atoms with Crippen molar-refractivity contribution in [2.24, 2.45) is 4.99 Å². The van der Waals surface area contributed by atoms with Gasteiger partial charge in [0.05, 0.1) is 5.01 Å². The first-order valence-electron chi connectivity index (χ1n) is 3.74. The van der Waals surface area contributed by atoms with E-state index in [1.165, 1.54) is 0 Å². The third kappa shape index (κ3) is 1.14. The van der Waals surface area contributed by atoms with Crippen molar-refractivity contribution in [3.63, 3.8) is 0 Å².